The van der Waals surface area contributed by atoms with Gasteiger partial charge in [-0.1, -0.05) is 12.1 Å². The van der Waals surface area contributed by atoms with Crippen LogP contribution in [0.2, 0.25) is 0 Å². The number of benzene rings is 1. The fourth-order valence-corrected chi connectivity index (χ4v) is 2.90. The second-order valence-electron chi connectivity index (χ2n) is 8.57. The van der Waals surface area contributed by atoms with E-state index in [1.165, 1.54) is 32.7 Å². The summed E-state index contributed by atoms with van der Waals surface area (Å²) in [6, 6.07) is 5.07. The summed E-state index contributed by atoms with van der Waals surface area (Å²) in [6.07, 6.45) is -1.57. The van der Waals surface area contributed by atoms with Crippen molar-refractivity contribution in [3.05, 3.63) is 29.8 Å². The van der Waals surface area contributed by atoms with Gasteiger partial charge in [-0.25, -0.2) is 9.59 Å². The molecule has 0 saturated heterocycles. The number of carbonyl (C=O) groups excluding carboxylic acids is 4. The number of methoxy groups -OCH3 is 1. The van der Waals surface area contributed by atoms with Gasteiger partial charge in [-0.05, 0) is 52.3 Å². The Morgan fingerprint density at radius 2 is 1.62 bits per heavy atom. The SMILES string of the molecule is COc1ccc(C[C@@H](C(=O)O[C@H](C)[C@H](NC(=O)OC(C)(C)C)C(C)=O)N(C)C(C)=O)cc1. The largest absolute Gasteiger partial charge is 0.497 e. The predicted molar refractivity (Wildman–Crippen MR) is 118 cm³/mol. The van der Waals surface area contributed by atoms with E-state index in [2.05, 4.69) is 5.32 Å². The quantitative estimate of drug-likeness (QED) is 0.575. The van der Waals surface area contributed by atoms with Gasteiger partial charge in [0.2, 0.25) is 5.91 Å². The number of nitrogens with one attached hydrogen (secondary N) is 1. The number of ketones is 1. The van der Waals surface area contributed by atoms with Crippen LogP contribution < -0.4 is 10.1 Å². The van der Waals surface area contributed by atoms with Crippen LogP contribution in [-0.4, -0.2) is 66.6 Å². The molecule has 0 spiro atoms. The van der Waals surface area contributed by atoms with Gasteiger partial charge in [0, 0.05) is 20.4 Å². The van der Waals surface area contributed by atoms with E-state index in [-0.39, 0.29) is 12.3 Å². The normalized spacial score (nSPS) is 13.9. The maximum Gasteiger partial charge on any atom is 0.408 e. The molecule has 2 amide bonds. The van der Waals surface area contributed by atoms with Crippen molar-refractivity contribution in [2.45, 2.75) is 71.8 Å². The number of esters is 1. The zero-order valence-corrected chi connectivity index (χ0v) is 20.1. The molecule has 9 nitrogen and oxygen atoms in total. The van der Waals surface area contributed by atoms with Crippen LogP contribution in [0.15, 0.2) is 24.3 Å². The highest BCUT2D eigenvalue weighted by Gasteiger charge is 2.33. The number of hydrogen-bond donors (Lipinski definition) is 1. The van der Waals surface area contributed by atoms with Gasteiger partial charge in [0.1, 0.15) is 29.5 Å². The molecule has 1 aromatic rings. The second kappa shape index (κ2) is 11.5. The van der Waals surface area contributed by atoms with Crippen molar-refractivity contribution in [3.8, 4) is 5.75 Å². The lowest BCUT2D eigenvalue weighted by molar-refractivity contribution is -0.159. The number of likely N-dealkylation sites (N-methyl/N-ethyl adjacent to an activating group) is 1. The molecule has 32 heavy (non-hydrogen) atoms. The van der Waals surface area contributed by atoms with E-state index in [0.717, 1.165) is 5.56 Å². The predicted octanol–water partition coefficient (Wildman–Crippen LogP) is 2.50. The minimum absolute atomic E-state index is 0.204. The fraction of sp³-hybridized carbons (Fsp3) is 0.565. The third kappa shape index (κ3) is 8.56. The standard InChI is InChI=1S/C23H34N2O7/c1-14(26)20(24-22(29)32-23(4,5)6)15(2)31-21(28)19(25(7)16(3)27)13-17-9-11-18(30-8)12-10-17/h9-12,15,19-20H,13H2,1-8H3,(H,24,29)/t15-,19+,20-/m1/s1. The zero-order valence-electron chi connectivity index (χ0n) is 20.1. The molecule has 1 aromatic carbocycles. The van der Waals surface area contributed by atoms with Crippen LogP contribution in [0.3, 0.4) is 0 Å². The lowest BCUT2D eigenvalue weighted by Gasteiger charge is -2.29. The lowest BCUT2D eigenvalue weighted by Crippen LogP contribution is -2.52. The van der Waals surface area contributed by atoms with Gasteiger partial charge in [0.15, 0.2) is 5.78 Å². The van der Waals surface area contributed by atoms with Crippen LogP contribution in [0.25, 0.3) is 0 Å². The average molecular weight is 451 g/mol. The van der Waals surface area contributed by atoms with Gasteiger partial charge in [0.25, 0.3) is 0 Å². The highest BCUT2D eigenvalue weighted by molar-refractivity contribution is 5.87. The number of carbonyl (C=O) groups is 4. The van der Waals surface area contributed by atoms with Crippen molar-refractivity contribution < 1.29 is 33.4 Å². The minimum atomic E-state index is -1.10. The Kier molecular flexibility index (Phi) is 9.68. The summed E-state index contributed by atoms with van der Waals surface area (Å²) in [5.74, 6) is -0.743. The first-order valence-electron chi connectivity index (χ1n) is 10.3. The van der Waals surface area contributed by atoms with Crippen molar-refractivity contribution in [2.24, 2.45) is 0 Å². The molecule has 0 aliphatic heterocycles. The molecule has 0 aliphatic carbocycles. The first kappa shape index (κ1) is 26.9. The summed E-state index contributed by atoms with van der Waals surface area (Å²) in [4.78, 5) is 50.4. The lowest BCUT2D eigenvalue weighted by atomic mass is 10.0. The Hall–Kier alpha value is -3.10. The molecular weight excluding hydrogens is 416 g/mol. The Balaban J connectivity index is 2.98. The third-order valence-corrected chi connectivity index (χ3v) is 4.71. The summed E-state index contributed by atoms with van der Waals surface area (Å²) in [6.45, 7) is 9.21. The molecular formula is C23H34N2O7. The summed E-state index contributed by atoms with van der Waals surface area (Å²) in [5.41, 5.74) is 0.0439. The van der Waals surface area contributed by atoms with E-state index in [4.69, 9.17) is 14.2 Å². The number of Topliss-reactive ketones (excluding diaryl/α,β-unsaturated/α-hetero) is 1. The molecule has 0 radical (unpaired) electrons. The van der Waals surface area contributed by atoms with Crippen LogP contribution >= 0.6 is 0 Å². The highest BCUT2D eigenvalue weighted by atomic mass is 16.6. The molecule has 178 valence electrons. The topological polar surface area (TPSA) is 111 Å². The second-order valence-corrected chi connectivity index (χ2v) is 8.57. The maximum atomic E-state index is 13.0. The fourth-order valence-electron chi connectivity index (χ4n) is 2.90. The smallest absolute Gasteiger partial charge is 0.408 e. The molecule has 0 aliphatic rings. The molecule has 0 fully saturated rings. The van der Waals surface area contributed by atoms with E-state index >= 15 is 0 Å². The average Bonchev–Trinajstić information content (AvgIpc) is 2.68. The molecule has 0 bridgehead atoms. The molecule has 0 heterocycles. The Labute approximate surface area is 189 Å². The Morgan fingerprint density at radius 1 is 1.06 bits per heavy atom. The highest BCUT2D eigenvalue weighted by Crippen LogP contribution is 2.16. The van der Waals surface area contributed by atoms with Crippen molar-refractivity contribution in [1.29, 1.82) is 0 Å². The van der Waals surface area contributed by atoms with Crippen LogP contribution in [0.5, 0.6) is 5.75 Å². The Bertz CT molecular complexity index is 815. The third-order valence-electron chi connectivity index (χ3n) is 4.71. The van der Waals surface area contributed by atoms with Gasteiger partial charge in [0.05, 0.1) is 7.11 Å². The van der Waals surface area contributed by atoms with Crippen LogP contribution in [0, 0.1) is 0 Å². The van der Waals surface area contributed by atoms with E-state index in [1.807, 2.05) is 0 Å². The molecule has 0 aromatic heterocycles. The zero-order chi connectivity index (χ0) is 24.6. The van der Waals surface area contributed by atoms with Gasteiger partial charge < -0.3 is 24.4 Å². The van der Waals surface area contributed by atoms with Crippen LogP contribution in [-0.2, 0) is 30.3 Å². The van der Waals surface area contributed by atoms with Crippen LogP contribution in [0.1, 0.15) is 47.1 Å². The van der Waals surface area contributed by atoms with E-state index in [9.17, 15) is 19.2 Å². The molecule has 9 heteroatoms. The number of rotatable bonds is 9. The monoisotopic (exact) mass is 450 g/mol. The first-order valence-corrected chi connectivity index (χ1v) is 10.3. The van der Waals surface area contributed by atoms with Crippen LogP contribution in [0.4, 0.5) is 4.79 Å². The molecule has 3 atom stereocenters. The number of nitrogens with zero attached hydrogens (tertiary/aromatic N) is 1. The Morgan fingerprint density at radius 3 is 2.06 bits per heavy atom. The van der Waals surface area contributed by atoms with Crippen molar-refractivity contribution >= 4 is 23.8 Å². The number of amides is 2. The molecule has 1 rings (SSSR count). The van der Waals surface area contributed by atoms with Crippen molar-refractivity contribution in [1.82, 2.24) is 10.2 Å². The van der Waals surface area contributed by atoms with Gasteiger partial charge in [-0.2, -0.15) is 0 Å². The molecule has 0 saturated carbocycles. The number of alkyl carbamates (subject to hydrolysis) is 1. The van der Waals surface area contributed by atoms with Gasteiger partial charge >= 0.3 is 12.1 Å². The summed E-state index contributed by atoms with van der Waals surface area (Å²) in [5, 5.41) is 2.45. The van der Waals surface area contributed by atoms with Gasteiger partial charge in [-0.15, -0.1) is 0 Å². The summed E-state index contributed by atoms with van der Waals surface area (Å²) >= 11 is 0. The van der Waals surface area contributed by atoms with E-state index in [0.29, 0.717) is 5.75 Å². The molecule has 1 N–H and O–H groups in total. The van der Waals surface area contributed by atoms with Crippen molar-refractivity contribution in [3.63, 3.8) is 0 Å². The van der Waals surface area contributed by atoms with Crippen molar-refractivity contribution in [2.75, 3.05) is 14.2 Å². The summed E-state index contributed by atoms with van der Waals surface area (Å²) in [7, 11) is 3.06. The number of hydrogen-bond acceptors (Lipinski definition) is 7. The van der Waals surface area contributed by atoms with E-state index in [1.54, 1.807) is 52.1 Å². The maximum absolute atomic E-state index is 13.0. The summed E-state index contributed by atoms with van der Waals surface area (Å²) < 4.78 is 15.8. The van der Waals surface area contributed by atoms with E-state index < -0.39 is 41.6 Å². The van der Waals surface area contributed by atoms with Gasteiger partial charge in [-0.3, -0.25) is 9.59 Å². The molecule has 0 unspecified atom stereocenters. The number of ether oxygens (including phenoxy) is 3. The first-order chi connectivity index (χ1) is 14.7. The minimum Gasteiger partial charge on any atom is -0.497 e.